The van der Waals surface area contributed by atoms with Gasteiger partial charge in [0, 0.05) is 23.7 Å². The van der Waals surface area contributed by atoms with Crippen molar-refractivity contribution in [3.8, 4) is 0 Å². The number of amides is 1. The summed E-state index contributed by atoms with van der Waals surface area (Å²) in [6.45, 7) is 1.33. The van der Waals surface area contributed by atoms with Crippen LogP contribution in [0.25, 0.3) is 0 Å². The van der Waals surface area contributed by atoms with Crippen molar-refractivity contribution in [3.63, 3.8) is 0 Å². The van der Waals surface area contributed by atoms with Crippen LogP contribution in [0.4, 0.5) is 17.2 Å². The molecule has 1 heterocycles. The molecule has 0 unspecified atom stereocenters. The lowest BCUT2D eigenvalue weighted by molar-refractivity contribution is -0.384. The molecular weight excluding hydrogens is 326 g/mol. The normalized spacial score (nSPS) is 10.1. The zero-order chi connectivity index (χ0) is 14.7. The molecule has 0 aliphatic heterocycles. The monoisotopic (exact) mass is 335 g/mol. The molecule has 1 amide bonds. The third-order valence-corrected chi connectivity index (χ3v) is 3.25. The van der Waals surface area contributed by atoms with E-state index in [0.29, 0.717) is 10.2 Å². The number of nitrogens with zero attached hydrogens (tertiary/aromatic N) is 3. The van der Waals surface area contributed by atoms with Gasteiger partial charge >= 0.3 is 5.69 Å². The van der Waals surface area contributed by atoms with E-state index in [2.05, 4.69) is 20.9 Å². The maximum atomic E-state index is 11.9. The summed E-state index contributed by atoms with van der Waals surface area (Å²) in [5.74, 6) is -0.365. The average molecular weight is 336 g/mol. The van der Waals surface area contributed by atoms with Gasteiger partial charge in [-0.2, -0.15) is 0 Å². The largest absolute Gasteiger partial charge is 0.312 e. The van der Waals surface area contributed by atoms with Crippen LogP contribution in [0, 0.1) is 10.1 Å². The highest BCUT2D eigenvalue weighted by Gasteiger charge is 2.26. The van der Waals surface area contributed by atoms with Gasteiger partial charge in [-0.15, -0.1) is 0 Å². The fraction of sp³-hybridized carbons (Fsp3) is 0.0769. The first kappa shape index (κ1) is 14.1. The van der Waals surface area contributed by atoms with Crippen LogP contribution in [0.1, 0.15) is 6.92 Å². The summed E-state index contributed by atoms with van der Waals surface area (Å²) < 4.78 is 0.648. The molecule has 0 saturated heterocycles. The zero-order valence-electron chi connectivity index (χ0n) is 10.5. The van der Waals surface area contributed by atoms with E-state index in [0.717, 1.165) is 0 Å². The van der Waals surface area contributed by atoms with Gasteiger partial charge in [0.15, 0.2) is 0 Å². The minimum Gasteiger partial charge on any atom is -0.274 e. The number of carbonyl (C=O) groups is 1. The van der Waals surface area contributed by atoms with E-state index in [-0.39, 0.29) is 17.4 Å². The van der Waals surface area contributed by atoms with E-state index in [1.54, 1.807) is 24.3 Å². The highest BCUT2D eigenvalue weighted by molar-refractivity contribution is 9.10. The average Bonchev–Trinajstić information content (AvgIpc) is 2.41. The second-order valence-electron chi connectivity index (χ2n) is 3.91. The number of anilines is 2. The minimum atomic E-state index is -0.560. The molecular formula is C13H10BrN3O3. The predicted octanol–water partition coefficient (Wildman–Crippen LogP) is 3.44. The number of halogens is 1. The summed E-state index contributed by atoms with van der Waals surface area (Å²) in [6.07, 6.45) is 1.41. The Balaban J connectivity index is 2.65. The first-order valence-corrected chi connectivity index (χ1v) is 6.46. The number of pyridine rings is 1. The predicted molar refractivity (Wildman–Crippen MR) is 77.9 cm³/mol. The van der Waals surface area contributed by atoms with Crippen molar-refractivity contribution in [1.29, 1.82) is 0 Å². The molecule has 0 bridgehead atoms. The van der Waals surface area contributed by atoms with Crippen molar-refractivity contribution in [2.75, 3.05) is 4.90 Å². The third-order valence-electron chi connectivity index (χ3n) is 2.58. The van der Waals surface area contributed by atoms with E-state index >= 15 is 0 Å². The van der Waals surface area contributed by atoms with Gasteiger partial charge in [-0.25, -0.2) is 4.98 Å². The molecule has 0 radical (unpaired) electrons. The molecule has 20 heavy (non-hydrogen) atoms. The Hall–Kier alpha value is -2.28. The highest BCUT2D eigenvalue weighted by atomic mass is 79.9. The molecule has 1 aromatic heterocycles. The van der Waals surface area contributed by atoms with Crippen LogP contribution in [0.2, 0.25) is 0 Å². The Labute approximate surface area is 123 Å². The first-order chi connectivity index (χ1) is 9.52. The highest BCUT2D eigenvalue weighted by Crippen LogP contribution is 2.35. The van der Waals surface area contributed by atoms with Crippen molar-refractivity contribution < 1.29 is 9.72 Å². The number of aromatic nitrogens is 1. The summed E-state index contributed by atoms with van der Waals surface area (Å²) in [7, 11) is 0. The molecule has 0 N–H and O–H groups in total. The van der Waals surface area contributed by atoms with Crippen molar-refractivity contribution in [2.24, 2.45) is 0 Å². The van der Waals surface area contributed by atoms with E-state index in [1.165, 1.54) is 30.2 Å². The Morgan fingerprint density at radius 1 is 1.30 bits per heavy atom. The molecule has 0 fully saturated rings. The van der Waals surface area contributed by atoms with E-state index in [1.807, 2.05) is 0 Å². The smallest absolute Gasteiger partial charge is 0.274 e. The molecule has 0 aliphatic rings. The lowest BCUT2D eigenvalue weighted by Gasteiger charge is -2.20. The maximum absolute atomic E-state index is 11.9. The number of para-hydroxylation sites is 1. The van der Waals surface area contributed by atoms with Crippen molar-refractivity contribution in [3.05, 3.63) is 57.2 Å². The second-order valence-corrected chi connectivity index (χ2v) is 4.76. The van der Waals surface area contributed by atoms with E-state index in [4.69, 9.17) is 0 Å². The molecule has 6 nitrogen and oxygen atoms in total. The van der Waals surface area contributed by atoms with Gasteiger partial charge in [0.25, 0.3) is 0 Å². The summed E-state index contributed by atoms with van der Waals surface area (Å²) in [5, 5.41) is 11.1. The van der Waals surface area contributed by atoms with Crippen LogP contribution in [0.5, 0.6) is 0 Å². The van der Waals surface area contributed by atoms with Crippen LogP contribution in [0.15, 0.2) is 47.1 Å². The molecule has 1 aromatic carbocycles. The van der Waals surface area contributed by atoms with Crippen LogP contribution in [0.3, 0.4) is 0 Å². The Bertz CT molecular complexity index is 675. The molecule has 0 atom stereocenters. The summed E-state index contributed by atoms with van der Waals surface area (Å²) in [6, 6.07) is 9.74. The van der Waals surface area contributed by atoms with E-state index < -0.39 is 4.92 Å². The number of rotatable bonds is 3. The van der Waals surface area contributed by atoms with Gasteiger partial charge < -0.3 is 0 Å². The van der Waals surface area contributed by atoms with Crippen LogP contribution in [-0.2, 0) is 4.79 Å². The molecule has 7 heteroatoms. The molecule has 0 saturated carbocycles. The standard InChI is InChI=1S/C13H10BrN3O3/c1-9(18)16(11-6-3-2-5-10(11)14)13-12(17(19)20)7-4-8-15-13/h2-8H,1H3. The first-order valence-electron chi connectivity index (χ1n) is 5.67. The van der Waals surface area contributed by atoms with Crippen LogP contribution in [-0.4, -0.2) is 15.8 Å². The van der Waals surface area contributed by atoms with Crippen LogP contribution >= 0.6 is 15.9 Å². The van der Waals surface area contributed by atoms with Gasteiger partial charge in [-0.3, -0.25) is 19.8 Å². The van der Waals surface area contributed by atoms with E-state index in [9.17, 15) is 14.9 Å². The number of hydrogen-bond acceptors (Lipinski definition) is 4. The SMILES string of the molecule is CC(=O)N(c1ccccc1Br)c1ncccc1[N+](=O)[O-]. The Morgan fingerprint density at radius 3 is 2.60 bits per heavy atom. The van der Waals surface area contributed by atoms with Crippen LogP contribution < -0.4 is 4.90 Å². The summed E-state index contributed by atoms with van der Waals surface area (Å²) in [5.41, 5.74) is 0.278. The molecule has 0 aliphatic carbocycles. The molecule has 0 spiro atoms. The fourth-order valence-electron chi connectivity index (χ4n) is 1.77. The van der Waals surface area contributed by atoms with Gasteiger partial charge in [-0.1, -0.05) is 12.1 Å². The van der Waals surface area contributed by atoms with Crippen molar-refractivity contribution in [2.45, 2.75) is 6.92 Å². The molecule has 102 valence electrons. The van der Waals surface area contributed by atoms with Gasteiger partial charge in [-0.05, 0) is 34.1 Å². The summed E-state index contributed by atoms with van der Waals surface area (Å²) in [4.78, 5) is 27.6. The second kappa shape index (κ2) is 5.79. The van der Waals surface area contributed by atoms with Crippen molar-refractivity contribution >= 4 is 39.0 Å². The minimum absolute atomic E-state index is 0.00287. The zero-order valence-corrected chi connectivity index (χ0v) is 12.1. The van der Waals surface area contributed by atoms with Gasteiger partial charge in [0.05, 0.1) is 10.6 Å². The van der Waals surface area contributed by atoms with Gasteiger partial charge in [0.1, 0.15) is 0 Å². The fourth-order valence-corrected chi connectivity index (χ4v) is 2.23. The lowest BCUT2D eigenvalue weighted by atomic mass is 10.2. The third kappa shape index (κ3) is 2.67. The maximum Gasteiger partial charge on any atom is 0.312 e. The topological polar surface area (TPSA) is 76.3 Å². The Kier molecular flexibility index (Phi) is 4.09. The Morgan fingerprint density at radius 2 is 2.00 bits per heavy atom. The molecule has 2 aromatic rings. The summed E-state index contributed by atoms with van der Waals surface area (Å²) >= 11 is 3.33. The number of nitro groups is 1. The lowest BCUT2D eigenvalue weighted by Crippen LogP contribution is -2.25. The quantitative estimate of drug-likeness (QED) is 0.635. The van der Waals surface area contributed by atoms with Gasteiger partial charge in [0.2, 0.25) is 11.7 Å². The number of benzene rings is 1. The molecule has 2 rings (SSSR count). The number of hydrogen-bond donors (Lipinski definition) is 0. The van der Waals surface area contributed by atoms with Crippen molar-refractivity contribution in [1.82, 2.24) is 4.98 Å². The number of carbonyl (C=O) groups excluding carboxylic acids is 1.